The number of benzene rings is 2. The lowest BCUT2D eigenvalue weighted by Gasteiger charge is -2.24. The molecule has 0 saturated carbocycles. The van der Waals surface area contributed by atoms with Crippen LogP contribution in [0.1, 0.15) is 13.8 Å². The van der Waals surface area contributed by atoms with Crippen LogP contribution >= 0.6 is 0 Å². The fourth-order valence-corrected chi connectivity index (χ4v) is 2.84. The second kappa shape index (κ2) is 6.71. The molecule has 2 unspecified atom stereocenters. The summed E-state index contributed by atoms with van der Waals surface area (Å²) in [5.74, 6) is 1.46. The Bertz CT molecular complexity index is 914. The number of hydrogen-bond acceptors (Lipinski definition) is 6. The Kier molecular flexibility index (Phi) is 4.23. The standard InChI is InChI=1S/C19H19N3O5/c1-10(18(23)21-13-4-6-16-17(8-13)26-9-25-16)20-12-3-5-15-14(7-12)22-19(24)11(2)27-15/h3-8,10-11,20H,9H2,1-2H3,(H,21,23)(H,22,24). The first-order valence-electron chi connectivity index (χ1n) is 8.58. The SMILES string of the molecule is CC(Nc1ccc2c(c1)NC(=O)C(C)O2)C(=O)Nc1ccc2c(c1)OCO2. The number of amides is 2. The normalized spacial score (nSPS) is 18.0. The molecule has 2 amide bonds. The van der Waals surface area contributed by atoms with Crippen LogP contribution in [-0.2, 0) is 9.59 Å². The van der Waals surface area contributed by atoms with Crippen molar-refractivity contribution in [3.05, 3.63) is 36.4 Å². The van der Waals surface area contributed by atoms with Gasteiger partial charge in [-0.1, -0.05) is 0 Å². The molecule has 140 valence electrons. The largest absolute Gasteiger partial charge is 0.479 e. The van der Waals surface area contributed by atoms with E-state index >= 15 is 0 Å². The van der Waals surface area contributed by atoms with Crippen molar-refractivity contribution in [1.82, 2.24) is 0 Å². The Morgan fingerprint density at radius 1 is 1.11 bits per heavy atom. The second-order valence-corrected chi connectivity index (χ2v) is 6.38. The average molecular weight is 369 g/mol. The number of carbonyl (C=O) groups excluding carboxylic acids is 2. The van der Waals surface area contributed by atoms with E-state index in [-0.39, 0.29) is 18.6 Å². The predicted molar refractivity (Wildman–Crippen MR) is 99.4 cm³/mol. The van der Waals surface area contributed by atoms with Gasteiger partial charge < -0.3 is 30.2 Å². The van der Waals surface area contributed by atoms with Gasteiger partial charge in [0.15, 0.2) is 17.6 Å². The summed E-state index contributed by atoms with van der Waals surface area (Å²) in [4.78, 5) is 24.2. The number of fused-ring (bicyclic) bond motifs is 2. The van der Waals surface area contributed by atoms with Gasteiger partial charge in [0.05, 0.1) is 5.69 Å². The molecule has 0 spiro atoms. The van der Waals surface area contributed by atoms with Gasteiger partial charge in [0.1, 0.15) is 11.8 Å². The zero-order valence-corrected chi connectivity index (χ0v) is 14.9. The van der Waals surface area contributed by atoms with Crippen molar-refractivity contribution in [3.63, 3.8) is 0 Å². The van der Waals surface area contributed by atoms with Crippen molar-refractivity contribution < 1.29 is 23.8 Å². The second-order valence-electron chi connectivity index (χ2n) is 6.38. The van der Waals surface area contributed by atoms with E-state index in [0.717, 1.165) is 0 Å². The molecule has 27 heavy (non-hydrogen) atoms. The molecule has 3 N–H and O–H groups in total. The summed E-state index contributed by atoms with van der Waals surface area (Å²) in [6, 6.07) is 10.0. The van der Waals surface area contributed by atoms with Crippen LogP contribution in [0.5, 0.6) is 17.2 Å². The number of nitrogens with one attached hydrogen (secondary N) is 3. The van der Waals surface area contributed by atoms with Crippen LogP contribution in [0.4, 0.5) is 17.1 Å². The summed E-state index contributed by atoms with van der Waals surface area (Å²) >= 11 is 0. The van der Waals surface area contributed by atoms with E-state index in [1.165, 1.54) is 0 Å². The van der Waals surface area contributed by atoms with E-state index in [9.17, 15) is 9.59 Å². The lowest BCUT2D eigenvalue weighted by atomic mass is 10.2. The van der Waals surface area contributed by atoms with Gasteiger partial charge in [-0.05, 0) is 44.2 Å². The molecule has 4 rings (SSSR count). The van der Waals surface area contributed by atoms with Crippen LogP contribution in [-0.4, -0.2) is 30.8 Å². The molecule has 2 aliphatic rings. The summed E-state index contributed by atoms with van der Waals surface area (Å²) in [6.45, 7) is 3.62. The van der Waals surface area contributed by atoms with Crippen LogP contribution < -0.4 is 30.2 Å². The molecule has 8 nitrogen and oxygen atoms in total. The zero-order valence-electron chi connectivity index (χ0n) is 14.9. The number of ether oxygens (including phenoxy) is 3. The van der Waals surface area contributed by atoms with Crippen LogP contribution in [0.2, 0.25) is 0 Å². The fraction of sp³-hybridized carbons (Fsp3) is 0.263. The topological polar surface area (TPSA) is 97.9 Å². The van der Waals surface area contributed by atoms with E-state index in [0.29, 0.717) is 34.3 Å². The minimum atomic E-state index is -0.525. The monoisotopic (exact) mass is 369 g/mol. The molecule has 0 fully saturated rings. The van der Waals surface area contributed by atoms with Crippen LogP contribution in [0.3, 0.4) is 0 Å². The Morgan fingerprint density at radius 2 is 1.85 bits per heavy atom. The van der Waals surface area contributed by atoms with Gasteiger partial charge in [-0.25, -0.2) is 0 Å². The number of carbonyl (C=O) groups is 2. The maximum Gasteiger partial charge on any atom is 0.265 e. The summed E-state index contributed by atoms with van der Waals surface area (Å²) in [7, 11) is 0. The average Bonchev–Trinajstić information content (AvgIpc) is 3.10. The lowest BCUT2D eigenvalue weighted by Crippen LogP contribution is -2.34. The molecule has 0 aliphatic carbocycles. The minimum absolute atomic E-state index is 0.183. The Balaban J connectivity index is 1.41. The molecule has 2 atom stereocenters. The van der Waals surface area contributed by atoms with Crippen molar-refractivity contribution in [2.75, 3.05) is 22.7 Å². The van der Waals surface area contributed by atoms with Crippen molar-refractivity contribution in [3.8, 4) is 17.2 Å². The van der Waals surface area contributed by atoms with E-state index in [1.54, 1.807) is 50.2 Å². The third-order valence-corrected chi connectivity index (χ3v) is 4.33. The fourth-order valence-electron chi connectivity index (χ4n) is 2.84. The summed E-state index contributed by atoms with van der Waals surface area (Å²) in [5.41, 5.74) is 1.89. The van der Waals surface area contributed by atoms with Crippen molar-refractivity contribution in [2.45, 2.75) is 26.0 Å². The third kappa shape index (κ3) is 3.46. The number of anilines is 3. The lowest BCUT2D eigenvalue weighted by molar-refractivity contribution is -0.122. The first-order chi connectivity index (χ1) is 13.0. The summed E-state index contributed by atoms with van der Waals surface area (Å²) in [6.07, 6.45) is -0.525. The maximum atomic E-state index is 12.5. The molecule has 2 aromatic carbocycles. The highest BCUT2D eigenvalue weighted by molar-refractivity contribution is 5.99. The van der Waals surface area contributed by atoms with Gasteiger partial charge in [-0.3, -0.25) is 9.59 Å². The van der Waals surface area contributed by atoms with Crippen molar-refractivity contribution in [1.29, 1.82) is 0 Å². The van der Waals surface area contributed by atoms with Crippen LogP contribution in [0.15, 0.2) is 36.4 Å². The molecule has 8 heteroatoms. The van der Waals surface area contributed by atoms with E-state index < -0.39 is 12.1 Å². The summed E-state index contributed by atoms with van der Waals surface area (Å²) < 4.78 is 16.1. The molecule has 0 aromatic heterocycles. The first kappa shape index (κ1) is 17.0. The minimum Gasteiger partial charge on any atom is -0.479 e. The Morgan fingerprint density at radius 3 is 2.70 bits per heavy atom. The van der Waals surface area contributed by atoms with Gasteiger partial charge in [0, 0.05) is 17.4 Å². The molecule has 0 radical (unpaired) electrons. The van der Waals surface area contributed by atoms with Gasteiger partial charge in [0.2, 0.25) is 12.7 Å². The maximum absolute atomic E-state index is 12.5. The first-order valence-corrected chi connectivity index (χ1v) is 8.58. The highest BCUT2D eigenvalue weighted by atomic mass is 16.7. The van der Waals surface area contributed by atoms with E-state index in [2.05, 4.69) is 16.0 Å². The molecule has 2 aliphatic heterocycles. The number of rotatable bonds is 4. The highest BCUT2D eigenvalue weighted by Crippen LogP contribution is 2.34. The van der Waals surface area contributed by atoms with Crippen molar-refractivity contribution >= 4 is 28.9 Å². The Labute approximate surface area is 155 Å². The molecule has 0 bridgehead atoms. The van der Waals surface area contributed by atoms with E-state index in [1.807, 2.05) is 0 Å². The van der Waals surface area contributed by atoms with Crippen molar-refractivity contribution in [2.24, 2.45) is 0 Å². The molecular formula is C19H19N3O5. The summed E-state index contributed by atoms with van der Waals surface area (Å²) in [5, 5.41) is 8.74. The Hall–Kier alpha value is -3.42. The van der Waals surface area contributed by atoms with Crippen LogP contribution in [0, 0.1) is 0 Å². The molecule has 2 aromatic rings. The van der Waals surface area contributed by atoms with Gasteiger partial charge in [0.25, 0.3) is 5.91 Å². The smallest absolute Gasteiger partial charge is 0.265 e. The quantitative estimate of drug-likeness (QED) is 0.766. The molecular weight excluding hydrogens is 350 g/mol. The molecule has 0 saturated heterocycles. The van der Waals surface area contributed by atoms with Crippen LogP contribution in [0.25, 0.3) is 0 Å². The molecule has 2 heterocycles. The number of hydrogen-bond donors (Lipinski definition) is 3. The van der Waals surface area contributed by atoms with Gasteiger partial charge in [-0.15, -0.1) is 0 Å². The zero-order chi connectivity index (χ0) is 19.0. The van der Waals surface area contributed by atoms with Gasteiger partial charge >= 0.3 is 0 Å². The third-order valence-electron chi connectivity index (χ3n) is 4.33. The van der Waals surface area contributed by atoms with E-state index in [4.69, 9.17) is 14.2 Å². The highest BCUT2D eigenvalue weighted by Gasteiger charge is 2.24. The predicted octanol–water partition coefficient (Wildman–Crippen LogP) is 2.57. The van der Waals surface area contributed by atoms with Gasteiger partial charge in [-0.2, -0.15) is 0 Å².